The summed E-state index contributed by atoms with van der Waals surface area (Å²) in [7, 11) is 0. The molecule has 0 fully saturated rings. The van der Waals surface area contributed by atoms with E-state index in [2.05, 4.69) is 6.92 Å². The van der Waals surface area contributed by atoms with Gasteiger partial charge in [0.2, 0.25) is 0 Å². The van der Waals surface area contributed by atoms with Crippen molar-refractivity contribution in [1.29, 1.82) is 0 Å². The van der Waals surface area contributed by atoms with Crippen molar-refractivity contribution in [3.8, 4) is 0 Å². The Morgan fingerprint density at radius 2 is 1.42 bits per heavy atom. The van der Waals surface area contributed by atoms with Crippen LogP contribution in [0.3, 0.4) is 0 Å². The van der Waals surface area contributed by atoms with Crippen molar-refractivity contribution in [2.45, 2.75) is 85.5 Å². The molecule has 0 radical (unpaired) electrons. The lowest BCUT2D eigenvalue weighted by atomic mass is 9.92. The molecule has 0 unspecified atom stereocenters. The minimum atomic E-state index is -0.324. The molecular formula is C17H32O2. The summed E-state index contributed by atoms with van der Waals surface area (Å²) in [6.45, 7) is 7.94. The van der Waals surface area contributed by atoms with Crippen LogP contribution in [0.1, 0.15) is 85.5 Å². The normalized spacial score (nSPS) is 12.7. The zero-order chi connectivity index (χ0) is 14.7. The van der Waals surface area contributed by atoms with E-state index in [1.54, 1.807) is 0 Å². The highest BCUT2D eigenvalue weighted by Crippen LogP contribution is 2.22. The van der Waals surface area contributed by atoms with Crippen LogP contribution in [0.5, 0.6) is 0 Å². The molecule has 0 bridgehead atoms. The molecule has 112 valence electrons. The number of allylic oxidation sites excluding steroid dienone is 2. The Morgan fingerprint density at radius 1 is 0.947 bits per heavy atom. The first-order chi connectivity index (χ1) is 8.88. The number of unbranched alkanes of at least 4 members (excludes halogenated alkanes) is 7. The summed E-state index contributed by atoms with van der Waals surface area (Å²) < 4.78 is 0. The van der Waals surface area contributed by atoms with Crippen molar-refractivity contribution in [2.24, 2.45) is 5.41 Å². The fourth-order valence-corrected chi connectivity index (χ4v) is 1.87. The van der Waals surface area contributed by atoms with Gasteiger partial charge in [-0.1, -0.05) is 72.6 Å². The van der Waals surface area contributed by atoms with Gasteiger partial charge in [0.05, 0.1) is 0 Å². The van der Waals surface area contributed by atoms with Crippen LogP contribution in [-0.4, -0.2) is 10.9 Å². The standard InChI is InChI=1S/C17H32O2/c1-5-6-7-8-9-10-11-12-13-15(18)14-16(19)17(2,3)4/h14,19H,5-13H2,1-4H3. The molecule has 0 aromatic carbocycles. The van der Waals surface area contributed by atoms with Crippen LogP contribution in [0.15, 0.2) is 11.8 Å². The molecule has 0 spiro atoms. The third-order valence-electron chi connectivity index (χ3n) is 3.34. The number of aliphatic hydroxyl groups is 1. The van der Waals surface area contributed by atoms with Gasteiger partial charge < -0.3 is 5.11 Å². The summed E-state index contributed by atoms with van der Waals surface area (Å²) in [6.07, 6.45) is 11.9. The van der Waals surface area contributed by atoms with Crippen molar-refractivity contribution < 1.29 is 9.90 Å². The van der Waals surface area contributed by atoms with Crippen molar-refractivity contribution in [1.82, 2.24) is 0 Å². The number of ketones is 1. The largest absolute Gasteiger partial charge is 0.512 e. The third-order valence-corrected chi connectivity index (χ3v) is 3.34. The second-order valence-electron chi connectivity index (χ2n) is 6.47. The summed E-state index contributed by atoms with van der Waals surface area (Å²) in [5.41, 5.74) is -0.324. The van der Waals surface area contributed by atoms with Crippen molar-refractivity contribution in [3.05, 3.63) is 11.8 Å². The van der Waals surface area contributed by atoms with Crippen LogP contribution < -0.4 is 0 Å². The second kappa shape index (κ2) is 10.1. The minimum Gasteiger partial charge on any atom is -0.512 e. The smallest absolute Gasteiger partial charge is 0.159 e. The van der Waals surface area contributed by atoms with Crippen LogP contribution in [-0.2, 0) is 4.79 Å². The number of rotatable bonds is 10. The lowest BCUT2D eigenvalue weighted by Gasteiger charge is -2.16. The molecule has 0 amide bonds. The van der Waals surface area contributed by atoms with Crippen LogP contribution >= 0.6 is 0 Å². The van der Waals surface area contributed by atoms with Gasteiger partial charge in [-0.15, -0.1) is 0 Å². The van der Waals surface area contributed by atoms with Crippen molar-refractivity contribution >= 4 is 5.78 Å². The Kier molecular flexibility index (Phi) is 9.63. The number of hydrogen-bond acceptors (Lipinski definition) is 2. The molecule has 0 saturated heterocycles. The Labute approximate surface area is 119 Å². The Hall–Kier alpha value is -0.790. The molecule has 0 saturated carbocycles. The van der Waals surface area contributed by atoms with Crippen molar-refractivity contribution in [3.63, 3.8) is 0 Å². The first-order valence-corrected chi connectivity index (χ1v) is 7.82. The maximum absolute atomic E-state index is 11.6. The first kappa shape index (κ1) is 18.2. The van der Waals surface area contributed by atoms with Gasteiger partial charge in [-0.2, -0.15) is 0 Å². The lowest BCUT2D eigenvalue weighted by Crippen LogP contribution is -2.10. The van der Waals surface area contributed by atoms with Gasteiger partial charge in [0, 0.05) is 17.9 Å². The van der Waals surface area contributed by atoms with E-state index >= 15 is 0 Å². The monoisotopic (exact) mass is 268 g/mol. The predicted octanol–water partition coefficient (Wildman–Crippen LogP) is 5.57. The summed E-state index contributed by atoms with van der Waals surface area (Å²) in [5.74, 6) is 0.246. The maximum Gasteiger partial charge on any atom is 0.159 e. The van der Waals surface area contributed by atoms with Crippen LogP contribution in [0, 0.1) is 5.41 Å². The number of aliphatic hydroxyl groups excluding tert-OH is 1. The summed E-state index contributed by atoms with van der Waals surface area (Å²) in [6, 6.07) is 0. The number of carbonyl (C=O) groups is 1. The van der Waals surface area contributed by atoms with Gasteiger partial charge in [0.25, 0.3) is 0 Å². The molecule has 0 aliphatic carbocycles. The average molecular weight is 268 g/mol. The molecule has 0 rings (SSSR count). The molecule has 0 heterocycles. The quantitative estimate of drug-likeness (QED) is 0.319. The third kappa shape index (κ3) is 10.8. The fraction of sp³-hybridized carbons (Fsp3) is 0.824. The molecule has 0 aliphatic rings. The minimum absolute atomic E-state index is 0.0541. The topological polar surface area (TPSA) is 37.3 Å². The van der Waals surface area contributed by atoms with Crippen LogP contribution in [0.2, 0.25) is 0 Å². The van der Waals surface area contributed by atoms with E-state index in [9.17, 15) is 9.90 Å². The van der Waals surface area contributed by atoms with Gasteiger partial charge in [-0.25, -0.2) is 0 Å². The van der Waals surface area contributed by atoms with Gasteiger partial charge >= 0.3 is 0 Å². The first-order valence-electron chi connectivity index (χ1n) is 7.82. The highest BCUT2D eigenvalue weighted by atomic mass is 16.3. The van der Waals surface area contributed by atoms with Gasteiger partial charge in [0.1, 0.15) is 5.76 Å². The Morgan fingerprint density at radius 3 is 1.89 bits per heavy atom. The molecule has 2 nitrogen and oxygen atoms in total. The molecule has 0 aromatic rings. The molecule has 0 atom stereocenters. The van der Waals surface area contributed by atoms with E-state index in [1.807, 2.05) is 20.8 Å². The average Bonchev–Trinajstić information content (AvgIpc) is 2.31. The van der Waals surface area contributed by atoms with E-state index in [0.717, 1.165) is 12.8 Å². The number of hydrogen-bond donors (Lipinski definition) is 1. The maximum atomic E-state index is 11.6. The Bertz CT molecular complexity index is 271. The molecule has 0 aromatic heterocycles. The zero-order valence-corrected chi connectivity index (χ0v) is 13.3. The van der Waals surface area contributed by atoms with E-state index in [0.29, 0.717) is 6.42 Å². The van der Waals surface area contributed by atoms with Gasteiger partial charge in [0.15, 0.2) is 5.78 Å². The molecule has 2 heteroatoms. The van der Waals surface area contributed by atoms with E-state index in [-0.39, 0.29) is 17.0 Å². The van der Waals surface area contributed by atoms with Gasteiger partial charge in [-0.3, -0.25) is 4.79 Å². The number of carbonyl (C=O) groups excluding carboxylic acids is 1. The summed E-state index contributed by atoms with van der Waals surface area (Å²) in [5, 5.41) is 9.72. The molecule has 1 N–H and O–H groups in total. The second-order valence-corrected chi connectivity index (χ2v) is 6.47. The molecule has 19 heavy (non-hydrogen) atoms. The zero-order valence-electron chi connectivity index (χ0n) is 13.3. The SMILES string of the molecule is CCCCCCCCCCC(=O)C=C(O)C(C)(C)C. The summed E-state index contributed by atoms with van der Waals surface area (Å²) in [4.78, 5) is 11.6. The Balaban J connectivity index is 3.60. The van der Waals surface area contributed by atoms with E-state index < -0.39 is 0 Å². The highest BCUT2D eigenvalue weighted by molar-refractivity contribution is 5.90. The molecule has 0 aliphatic heterocycles. The highest BCUT2D eigenvalue weighted by Gasteiger charge is 2.16. The van der Waals surface area contributed by atoms with Crippen molar-refractivity contribution in [2.75, 3.05) is 0 Å². The van der Waals surface area contributed by atoms with Gasteiger partial charge in [-0.05, 0) is 6.42 Å². The van der Waals surface area contributed by atoms with E-state index in [1.165, 1.54) is 44.6 Å². The van der Waals surface area contributed by atoms with E-state index in [4.69, 9.17) is 0 Å². The molecular weight excluding hydrogens is 236 g/mol. The summed E-state index contributed by atoms with van der Waals surface area (Å²) >= 11 is 0. The predicted molar refractivity (Wildman–Crippen MR) is 82.4 cm³/mol. The fourth-order valence-electron chi connectivity index (χ4n) is 1.87. The van der Waals surface area contributed by atoms with Crippen LogP contribution in [0.25, 0.3) is 0 Å². The lowest BCUT2D eigenvalue weighted by molar-refractivity contribution is -0.114. The van der Waals surface area contributed by atoms with Crippen LogP contribution in [0.4, 0.5) is 0 Å².